The first-order valence-corrected chi connectivity index (χ1v) is 8.42. The lowest BCUT2D eigenvalue weighted by molar-refractivity contribution is 0.414. The average Bonchev–Trinajstić information content (AvgIpc) is 3.32. The van der Waals surface area contributed by atoms with Crippen LogP contribution in [0.3, 0.4) is 0 Å². The second-order valence-electron chi connectivity index (χ2n) is 6.17. The van der Waals surface area contributed by atoms with Crippen molar-refractivity contribution in [2.24, 2.45) is 7.05 Å². The number of benzene rings is 2. The summed E-state index contributed by atoms with van der Waals surface area (Å²) in [5.74, 6) is 1.48. The molecule has 2 heterocycles. The molecule has 6 heteroatoms. The number of hydrogen-bond donors (Lipinski definition) is 1. The van der Waals surface area contributed by atoms with Gasteiger partial charge in [-0.05, 0) is 35.4 Å². The Bertz CT molecular complexity index is 1020. The van der Waals surface area contributed by atoms with Gasteiger partial charge >= 0.3 is 0 Å². The molecule has 0 saturated heterocycles. The van der Waals surface area contributed by atoms with Gasteiger partial charge in [0.1, 0.15) is 5.75 Å². The lowest BCUT2D eigenvalue weighted by Crippen LogP contribution is -2.12. The molecule has 4 aromatic rings. The second-order valence-corrected chi connectivity index (χ2v) is 6.17. The van der Waals surface area contributed by atoms with Gasteiger partial charge in [0.15, 0.2) is 12.2 Å². The van der Waals surface area contributed by atoms with Crippen LogP contribution in [0.25, 0.3) is 22.2 Å². The summed E-state index contributed by atoms with van der Waals surface area (Å²) < 4.78 is 12.7. The van der Waals surface area contributed by atoms with E-state index in [2.05, 4.69) is 39.7 Å². The highest BCUT2D eigenvalue weighted by Crippen LogP contribution is 2.30. The number of ether oxygens (including phenoxy) is 1. The predicted octanol–water partition coefficient (Wildman–Crippen LogP) is 3.53. The largest absolute Gasteiger partial charge is 0.496 e. The summed E-state index contributed by atoms with van der Waals surface area (Å²) in [6.45, 7) is 1.54. The fraction of sp³-hybridized carbons (Fsp3) is 0.200. The molecular formula is C20H20N4O2. The van der Waals surface area contributed by atoms with E-state index in [0.717, 1.165) is 40.9 Å². The minimum Gasteiger partial charge on any atom is -0.496 e. The van der Waals surface area contributed by atoms with Crippen LogP contribution in [0.15, 0.2) is 59.6 Å². The second kappa shape index (κ2) is 7.01. The normalized spacial score (nSPS) is 11.2. The van der Waals surface area contributed by atoms with E-state index in [4.69, 9.17) is 9.15 Å². The number of fused-ring (bicyclic) bond motifs is 1. The van der Waals surface area contributed by atoms with Crippen molar-refractivity contribution in [2.45, 2.75) is 13.1 Å². The van der Waals surface area contributed by atoms with Crippen LogP contribution in [0.1, 0.15) is 11.1 Å². The van der Waals surface area contributed by atoms with Gasteiger partial charge in [0.25, 0.3) is 0 Å². The Kier molecular flexibility index (Phi) is 4.41. The maximum Gasteiger partial charge on any atom is 0.181 e. The SMILES string of the molecule is COc1cc(CNCc2ccc3c(cnn3C)c2)ccc1-c1cnco1. The fourth-order valence-corrected chi connectivity index (χ4v) is 3.07. The molecule has 0 fully saturated rings. The number of nitrogens with one attached hydrogen (secondary N) is 1. The number of oxazole rings is 1. The standard InChI is InChI=1S/C20H20N4O2/c1-24-18-6-4-14(7-16(18)11-23-24)9-21-10-15-3-5-17(19(8-15)25-2)20-12-22-13-26-20/h3-8,11-13,21H,9-10H2,1-2H3. The third-order valence-electron chi connectivity index (χ3n) is 4.43. The van der Waals surface area contributed by atoms with E-state index >= 15 is 0 Å². The van der Waals surface area contributed by atoms with Gasteiger partial charge in [0.2, 0.25) is 0 Å². The van der Waals surface area contributed by atoms with E-state index in [1.807, 2.05) is 30.1 Å². The number of aromatic nitrogens is 3. The Hall–Kier alpha value is -3.12. The molecule has 0 radical (unpaired) electrons. The average molecular weight is 348 g/mol. The van der Waals surface area contributed by atoms with E-state index in [1.54, 1.807) is 13.3 Å². The fourth-order valence-electron chi connectivity index (χ4n) is 3.07. The van der Waals surface area contributed by atoms with Crippen molar-refractivity contribution in [3.63, 3.8) is 0 Å². The molecule has 0 saturated carbocycles. The Labute approximate surface area is 151 Å². The highest BCUT2D eigenvalue weighted by molar-refractivity contribution is 5.79. The number of methoxy groups -OCH3 is 1. The molecule has 2 aromatic carbocycles. The van der Waals surface area contributed by atoms with Crippen LogP contribution >= 0.6 is 0 Å². The molecule has 26 heavy (non-hydrogen) atoms. The van der Waals surface area contributed by atoms with E-state index in [9.17, 15) is 0 Å². The zero-order valence-corrected chi connectivity index (χ0v) is 14.8. The molecule has 132 valence electrons. The first-order valence-electron chi connectivity index (χ1n) is 8.42. The van der Waals surface area contributed by atoms with Crippen molar-refractivity contribution in [2.75, 3.05) is 7.11 Å². The summed E-state index contributed by atoms with van der Waals surface area (Å²) in [4.78, 5) is 3.96. The van der Waals surface area contributed by atoms with E-state index < -0.39 is 0 Å². The Morgan fingerprint density at radius 1 is 1.08 bits per heavy atom. The van der Waals surface area contributed by atoms with Crippen LogP contribution in [-0.4, -0.2) is 21.9 Å². The smallest absolute Gasteiger partial charge is 0.181 e. The predicted molar refractivity (Wildman–Crippen MR) is 99.7 cm³/mol. The molecule has 4 rings (SSSR count). The van der Waals surface area contributed by atoms with Gasteiger partial charge in [0.05, 0.1) is 30.6 Å². The van der Waals surface area contributed by atoms with Gasteiger partial charge in [-0.3, -0.25) is 4.68 Å². The highest BCUT2D eigenvalue weighted by atomic mass is 16.5. The lowest BCUT2D eigenvalue weighted by atomic mass is 10.1. The van der Waals surface area contributed by atoms with Crippen LogP contribution in [0.5, 0.6) is 5.75 Å². The van der Waals surface area contributed by atoms with E-state index in [0.29, 0.717) is 5.76 Å². The van der Waals surface area contributed by atoms with Crippen LogP contribution in [0.2, 0.25) is 0 Å². The summed E-state index contributed by atoms with van der Waals surface area (Å²) >= 11 is 0. The van der Waals surface area contributed by atoms with Crippen molar-refractivity contribution in [3.05, 3.63) is 66.3 Å². The Balaban J connectivity index is 1.44. The van der Waals surface area contributed by atoms with Crippen molar-refractivity contribution in [1.82, 2.24) is 20.1 Å². The molecule has 1 N–H and O–H groups in total. The Morgan fingerprint density at radius 2 is 1.88 bits per heavy atom. The number of aryl methyl sites for hydroxylation is 1. The van der Waals surface area contributed by atoms with E-state index in [1.165, 1.54) is 12.0 Å². The molecule has 0 aliphatic carbocycles. The first-order chi connectivity index (χ1) is 12.7. The van der Waals surface area contributed by atoms with Crippen LogP contribution < -0.4 is 10.1 Å². The maximum absolute atomic E-state index is 5.50. The molecule has 0 spiro atoms. The number of rotatable bonds is 6. The zero-order chi connectivity index (χ0) is 17.9. The molecule has 2 aromatic heterocycles. The molecule has 0 unspecified atom stereocenters. The monoisotopic (exact) mass is 348 g/mol. The minimum absolute atomic E-state index is 0.700. The summed E-state index contributed by atoms with van der Waals surface area (Å²) in [5.41, 5.74) is 4.42. The van der Waals surface area contributed by atoms with Gasteiger partial charge in [0, 0.05) is 25.5 Å². The molecular weight excluding hydrogens is 328 g/mol. The maximum atomic E-state index is 5.50. The van der Waals surface area contributed by atoms with Crippen molar-refractivity contribution in [1.29, 1.82) is 0 Å². The van der Waals surface area contributed by atoms with Gasteiger partial charge in [-0.15, -0.1) is 0 Å². The summed E-state index contributed by atoms with van der Waals surface area (Å²) in [5, 5.41) is 8.92. The minimum atomic E-state index is 0.700. The summed E-state index contributed by atoms with van der Waals surface area (Å²) in [6, 6.07) is 12.5. The summed E-state index contributed by atoms with van der Waals surface area (Å²) in [7, 11) is 3.62. The molecule has 0 aliphatic heterocycles. The first kappa shape index (κ1) is 16.4. The van der Waals surface area contributed by atoms with Gasteiger partial charge in [-0.1, -0.05) is 12.1 Å². The molecule has 6 nitrogen and oxygen atoms in total. The van der Waals surface area contributed by atoms with Crippen molar-refractivity contribution in [3.8, 4) is 17.1 Å². The van der Waals surface area contributed by atoms with Crippen LogP contribution in [0.4, 0.5) is 0 Å². The third kappa shape index (κ3) is 3.19. The van der Waals surface area contributed by atoms with Gasteiger partial charge in [-0.2, -0.15) is 5.10 Å². The topological polar surface area (TPSA) is 65.1 Å². The van der Waals surface area contributed by atoms with Crippen LogP contribution in [-0.2, 0) is 20.1 Å². The number of hydrogen-bond acceptors (Lipinski definition) is 5. The molecule has 0 aliphatic rings. The molecule has 0 bridgehead atoms. The highest BCUT2D eigenvalue weighted by Gasteiger charge is 2.10. The van der Waals surface area contributed by atoms with Crippen molar-refractivity contribution >= 4 is 10.9 Å². The molecule has 0 amide bonds. The van der Waals surface area contributed by atoms with Gasteiger partial charge < -0.3 is 14.5 Å². The van der Waals surface area contributed by atoms with E-state index in [-0.39, 0.29) is 0 Å². The zero-order valence-electron chi connectivity index (χ0n) is 14.8. The lowest BCUT2D eigenvalue weighted by Gasteiger charge is -2.10. The van der Waals surface area contributed by atoms with Gasteiger partial charge in [-0.25, -0.2) is 4.98 Å². The molecule has 0 atom stereocenters. The van der Waals surface area contributed by atoms with Crippen molar-refractivity contribution < 1.29 is 9.15 Å². The quantitative estimate of drug-likeness (QED) is 0.577. The number of nitrogens with zero attached hydrogens (tertiary/aromatic N) is 3. The Morgan fingerprint density at radius 3 is 2.65 bits per heavy atom. The van der Waals surface area contributed by atoms with Crippen LogP contribution in [0, 0.1) is 0 Å². The third-order valence-corrected chi connectivity index (χ3v) is 4.43. The summed E-state index contributed by atoms with van der Waals surface area (Å²) in [6.07, 6.45) is 5.00.